The van der Waals surface area contributed by atoms with E-state index in [0.717, 1.165) is 12.5 Å². The van der Waals surface area contributed by atoms with Crippen LogP contribution >= 0.6 is 0 Å². The van der Waals surface area contributed by atoms with Crippen LogP contribution < -0.4 is 20.7 Å². The Kier molecular flexibility index (Phi) is 6.92. The molecule has 2 unspecified atom stereocenters. The Hall–Kier alpha value is -3.06. The molecular weight excluding hydrogens is 481 g/mol. The van der Waals surface area contributed by atoms with Gasteiger partial charge < -0.3 is 20.7 Å². The molecule has 1 aromatic carbocycles. The summed E-state index contributed by atoms with van der Waals surface area (Å²) in [4.78, 5) is 8.69. The van der Waals surface area contributed by atoms with E-state index >= 15 is 0 Å². The van der Waals surface area contributed by atoms with Crippen molar-refractivity contribution in [1.82, 2.24) is 15.3 Å². The second-order valence-electron chi connectivity index (χ2n) is 11.2. The van der Waals surface area contributed by atoms with Gasteiger partial charge in [0.2, 0.25) is 5.95 Å². The highest BCUT2D eigenvalue weighted by atomic mass is 19.4. The van der Waals surface area contributed by atoms with Crippen LogP contribution in [-0.2, 0) is 6.54 Å². The van der Waals surface area contributed by atoms with Crippen molar-refractivity contribution in [2.24, 2.45) is 23.2 Å². The van der Waals surface area contributed by atoms with Gasteiger partial charge in [0.25, 0.3) is 0 Å². The molecule has 3 N–H and O–H groups in total. The minimum absolute atomic E-state index is 0.0385. The lowest BCUT2D eigenvalue weighted by molar-refractivity contribution is -0.274. The van der Waals surface area contributed by atoms with Gasteiger partial charge in [0.15, 0.2) is 0 Å². The Balaban J connectivity index is 1.26. The molecule has 1 heterocycles. The highest BCUT2D eigenvalue weighted by Gasteiger charge is 2.55. The number of hydrogen-bond donors (Lipinski definition) is 3. The molecule has 2 atom stereocenters. The molecule has 4 aliphatic carbocycles. The molecule has 4 bridgehead atoms. The molecule has 0 aliphatic heterocycles. The van der Waals surface area contributed by atoms with Crippen LogP contribution in [0.4, 0.5) is 24.9 Å². The second-order valence-corrected chi connectivity index (χ2v) is 11.2. The van der Waals surface area contributed by atoms with Crippen LogP contribution in [0.15, 0.2) is 30.5 Å². The molecule has 4 fully saturated rings. The third-order valence-corrected chi connectivity index (χ3v) is 8.10. The zero-order chi connectivity index (χ0) is 26.2. The van der Waals surface area contributed by atoms with Gasteiger partial charge in [0.05, 0.1) is 6.20 Å². The van der Waals surface area contributed by atoms with Crippen molar-refractivity contribution >= 4 is 11.8 Å². The van der Waals surface area contributed by atoms with Crippen LogP contribution in [0.5, 0.6) is 5.75 Å². The van der Waals surface area contributed by atoms with Crippen molar-refractivity contribution in [3.63, 3.8) is 0 Å². The Morgan fingerprint density at radius 1 is 1.14 bits per heavy atom. The quantitative estimate of drug-likeness (QED) is 0.409. The number of nitriles is 1. The van der Waals surface area contributed by atoms with Crippen LogP contribution in [0.1, 0.15) is 57.1 Å². The lowest BCUT2D eigenvalue weighted by Crippen LogP contribution is -2.60. The van der Waals surface area contributed by atoms with Crippen LogP contribution in [-0.4, -0.2) is 35.0 Å². The number of benzene rings is 1. The monoisotopic (exact) mass is 514 g/mol. The van der Waals surface area contributed by atoms with E-state index in [9.17, 15) is 18.4 Å². The average Bonchev–Trinajstić information content (AvgIpc) is 2.83. The summed E-state index contributed by atoms with van der Waals surface area (Å²) in [6.45, 7) is 5.22. The van der Waals surface area contributed by atoms with Gasteiger partial charge in [-0.25, -0.2) is 4.98 Å². The normalized spacial score (nSPS) is 28.2. The molecular formula is C27H33F3N6O. The fourth-order valence-corrected chi connectivity index (χ4v) is 7.07. The maximum Gasteiger partial charge on any atom is 0.573 e. The molecule has 2 aromatic rings. The van der Waals surface area contributed by atoms with Gasteiger partial charge in [-0.1, -0.05) is 32.0 Å². The van der Waals surface area contributed by atoms with Crippen molar-refractivity contribution < 1.29 is 17.9 Å². The molecule has 4 aliphatic rings. The molecule has 4 saturated carbocycles. The first-order valence-electron chi connectivity index (χ1n) is 13.0. The first-order chi connectivity index (χ1) is 17.6. The summed E-state index contributed by atoms with van der Waals surface area (Å²) in [6.07, 6.45) is 2.81. The summed E-state index contributed by atoms with van der Waals surface area (Å²) in [5.41, 5.74) is 0.862. The predicted octanol–water partition coefficient (Wildman–Crippen LogP) is 5.46. The minimum atomic E-state index is -4.78. The van der Waals surface area contributed by atoms with E-state index in [1.807, 2.05) is 0 Å². The lowest BCUT2D eigenvalue weighted by atomic mass is 9.48. The molecule has 0 radical (unpaired) electrons. The van der Waals surface area contributed by atoms with Gasteiger partial charge in [-0.15, -0.1) is 13.2 Å². The van der Waals surface area contributed by atoms with Crippen molar-refractivity contribution in [2.75, 3.05) is 17.2 Å². The average molecular weight is 515 g/mol. The van der Waals surface area contributed by atoms with Crippen LogP contribution in [0.25, 0.3) is 0 Å². The van der Waals surface area contributed by atoms with E-state index < -0.39 is 6.36 Å². The molecule has 1 aromatic heterocycles. The molecule has 7 nitrogen and oxygen atoms in total. The molecule has 0 saturated heterocycles. The summed E-state index contributed by atoms with van der Waals surface area (Å²) < 4.78 is 42.4. The summed E-state index contributed by atoms with van der Waals surface area (Å²) in [6, 6.07) is 9.16. The Labute approximate surface area is 215 Å². The Morgan fingerprint density at radius 2 is 1.86 bits per heavy atom. The van der Waals surface area contributed by atoms with Gasteiger partial charge in [-0.05, 0) is 61.3 Å². The highest BCUT2D eigenvalue weighted by molar-refractivity contribution is 5.53. The van der Waals surface area contributed by atoms with Gasteiger partial charge in [-0.3, -0.25) is 0 Å². The van der Waals surface area contributed by atoms with Gasteiger partial charge >= 0.3 is 6.36 Å². The molecule has 198 valence electrons. The smallest absolute Gasteiger partial charge is 0.405 e. The molecule has 10 heteroatoms. The van der Waals surface area contributed by atoms with Gasteiger partial charge in [0.1, 0.15) is 23.2 Å². The maximum atomic E-state index is 12.7. The molecule has 0 amide bonds. The summed E-state index contributed by atoms with van der Waals surface area (Å²) >= 11 is 0. The van der Waals surface area contributed by atoms with E-state index in [1.54, 1.807) is 12.1 Å². The van der Waals surface area contributed by atoms with Crippen LogP contribution in [0.2, 0.25) is 0 Å². The summed E-state index contributed by atoms with van der Waals surface area (Å²) in [7, 11) is 0. The number of rotatable bonds is 9. The molecule has 37 heavy (non-hydrogen) atoms. The Morgan fingerprint density at radius 3 is 2.54 bits per heavy atom. The van der Waals surface area contributed by atoms with E-state index in [4.69, 9.17) is 0 Å². The number of nitrogens with zero attached hydrogens (tertiary/aromatic N) is 3. The molecule has 0 spiro atoms. The van der Waals surface area contributed by atoms with Gasteiger partial charge in [-0.2, -0.15) is 10.2 Å². The van der Waals surface area contributed by atoms with E-state index in [2.05, 4.69) is 50.6 Å². The number of aromatic nitrogens is 2. The fourth-order valence-electron chi connectivity index (χ4n) is 7.07. The number of halogens is 3. The van der Waals surface area contributed by atoms with Crippen molar-refractivity contribution in [3.05, 3.63) is 41.6 Å². The number of hydrogen-bond acceptors (Lipinski definition) is 7. The SMILES string of the molecule is CC(C)NC1C2CC3CC1CC(CNc1nc(NCc4ccccc4OC(F)(F)F)ncc1C#N)(C3)C2. The fraction of sp³-hybridized carbons (Fsp3) is 0.593. The van der Waals surface area contributed by atoms with E-state index in [0.29, 0.717) is 40.9 Å². The van der Waals surface area contributed by atoms with Crippen molar-refractivity contribution in [1.29, 1.82) is 5.26 Å². The standard InChI is InChI=1S/C27H33F3N6O/c1-16(2)35-23-19-7-17-8-20(23)11-26(9-17,10-19)15-34-24-21(12-31)14-33-25(36-24)32-13-18-5-3-4-6-22(18)37-27(28,29)30/h3-6,14,16-17,19-20,23,35H,7-11,13,15H2,1-2H3,(H2,32,33,34,36). The number of nitrogens with one attached hydrogen (secondary N) is 3. The summed E-state index contributed by atoms with van der Waals surface area (Å²) in [5.74, 6) is 2.55. The second kappa shape index (κ2) is 10.0. The topological polar surface area (TPSA) is 94.9 Å². The predicted molar refractivity (Wildman–Crippen MR) is 134 cm³/mol. The number of para-hydroxylation sites is 1. The third kappa shape index (κ3) is 5.77. The highest BCUT2D eigenvalue weighted by Crippen LogP contribution is 2.60. The maximum absolute atomic E-state index is 12.7. The van der Waals surface area contributed by atoms with E-state index in [1.165, 1.54) is 50.4 Å². The van der Waals surface area contributed by atoms with Gasteiger partial charge in [0, 0.05) is 30.7 Å². The Bertz CT molecular complexity index is 1150. The number of anilines is 2. The lowest BCUT2D eigenvalue weighted by Gasteiger charge is -2.60. The summed E-state index contributed by atoms with van der Waals surface area (Å²) in [5, 5.41) is 19.9. The number of alkyl halides is 3. The minimum Gasteiger partial charge on any atom is -0.405 e. The third-order valence-electron chi connectivity index (χ3n) is 8.10. The molecule has 6 rings (SSSR count). The van der Waals surface area contributed by atoms with Crippen molar-refractivity contribution in [3.8, 4) is 11.8 Å². The van der Waals surface area contributed by atoms with Crippen LogP contribution in [0, 0.1) is 34.5 Å². The zero-order valence-electron chi connectivity index (χ0n) is 21.1. The van der Waals surface area contributed by atoms with E-state index in [-0.39, 0.29) is 23.7 Å². The van der Waals surface area contributed by atoms with Crippen LogP contribution in [0.3, 0.4) is 0 Å². The largest absolute Gasteiger partial charge is 0.573 e. The first kappa shape index (κ1) is 25.6. The first-order valence-corrected chi connectivity index (χ1v) is 13.0. The number of ether oxygens (including phenoxy) is 1. The zero-order valence-corrected chi connectivity index (χ0v) is 21.1. The van der Waals surface area contributed by atoms with Crippen molar-refractivity contribution in [2.45, 2.75) is 70.9 Å².